The maximum Gasteiger partial charge on any atom is 0.341 e. The molecule has 0 radical (unpaired) electrons. The van der Waals surface area contributed by atoms with Crippen LogP contribution in [-0.2, 0) is 11.8 Å². The number of nitrogens with zero attached hydrogens (tertiary/aromatic N) is 4. The van der Waals surface area contributed by atoms with Crippen LogP contribution in [0.5, 0.6) is 0 Å². The topological polar surface area (TPSA) is 60.2 Å². The molecule has 1 aliphatic rings. The molecule has 25 heavy (non-hydrogen) atoms. The van der Waals surface area contributed by atoms with Crippen LogP contribution in [0.25, 0.3) is 11.0 Å². The molecule has 3 rings (SSSR count). The largest absolute Gasteiger partial charge is 0.462 e. The molecule has 3 heterocycles. The summed E-state index contributed by atoms with van der Waals surface area (Å²) in [7, 11) is 1.89. The summed E-state index contributed by atoms with van der Waals surface area (Å²) in [5.74, 6) is 1.33. The fraction of sp³-hybridized carbons (Fsp3) is 0.611. The van der Waals surface area contributed by atoms with Crippen LogP contribution in [0, 0.1) is 12.8 Å². The van der Waals surface area contributed by atoms with E-state index in [0.29, 0.717) is 23.3 Å². The summed E-state index contributed by atoms with van der Waals surface area (Å²) in [6.07, 6.45) is 1.64. The lowest BCUT2D eigenvalue weighted by atomic mass is 10.1. The van der Waals surface area contributed by atoms with Crippen molar-refractivity contribution in [2.24, 2.45) is 13.0 Å². The Bertz CT molecular complexity index is 787. The first-order valence-electron chi connectivity index (χ1n) is 8.80. The van der Waals surface area contributed by atoms with Gasteiger partial charge in [0.15, 0.2) is 5.65 Å². The summed E-state index contributed by atoms with van der Waals surface area (Å²) in [5, 5.41) is 6.02. The van der Waals surface area contributed by atoms with Crippen LogP contribution in [-0.4, -0.2) is 51.4 Å². The molecule has 0 saturated carbocycles. The molecule has 0 N–H and O–H groups in total. The fourth-order valence-corrected chi connectivity index (χ4v) is 4.66. The fourth-order valence-electron chi connectivity index (χ4n) is 3.36. The Morgan fingerprint density at radius 1 is 1.48 bits per heavy atom. The monoisotopic (exact) mass is 362 g/mol. The van der Waals surface area contributed by atoms with Crippen molar-refractivity contribution < 1.29 is 9.53 Å². The number of fused-ring (bicyclic) bond motifs is 1. The van der Waals surface area contributed by atoms with E-state index in [1.165, 1.54) is 0 Å². The van der Waals surface area contributed by atoms with Gasteiger partial charge in [-0.2, -0.15) is 16.9 Å². The second kappa shape index (κ2) is 7.23. The first-order valence-corrected chi connectivity index (χ1v) is 9.84. The molecule has 1 unspecified atom stereocenters. The van der Waals surface area contributed by atoms with E-state index in [2.05, 4.69) is 28.8 Å². The molecule has 1 atom stereocenters. The van der Waals surface area contributed by atoms with Crippen LogP contribution in [0.3, 0.4) is 0 Å². The van der Waals surface area contributed by atoms with Crippen molar-refractivity contribution in [3.8, 4) is 0 Å². The maximum atomic E-state index is 12.6. The van der Waals surface area contributed by atoms with Gasteiger partial charge in [0.05, 0.1) is 23.4 Å². The van der Waals surface area contributed by atoms with Crippen LogP contribution < -0.4 is 4.90 Å². The zero-order chi connectivity index (χ0) is 18.1. The molecule has 1 fully saturated rings. The van der Waals surface area contributed by atoms with E-state index in [1.54, 1.807) is 10.9 Å². The van der Waals surface area contributed by atoms with E-state index >= 15 is 0 Å². The number of hydrogen-bond donors (Lipinski definition) is 0. The number of ether oxygens (including phenoxy) is 1. The number of aromatic nitrogens is 3. The number of pyridine rings is 1. The number of thioether (sulfide) groups is 1. The molecular formula is C18H26N4O2S. The SMILES string of the molecule is CCOC(=O)c1cnc2c(c(C)nn2C)c1N1CCSC(C(C)C)C1. The predicted octanol–water partition coefficient (Wildman–Crippen LogP) is 3.03. The van der Waals surface area contributed by atoms with Gasteiger partial charge < -0.3 is 9.64 Å². The third-order valence-corrected chi connectivity index (χ3v) is 6.19. The van der Waals surface area contributed by atoms with Crippen molar-refractivity contribution in [3.63, 3.8) is 0 Å². The number of esters is 1. The highest BCUT2D eigenvalue weighted by molar-refractivity contribution is 8.00. The van der Waals surface area contributed by atoms with Gasteiger partial charge in [-0.25, -0.2) is 9.78 Å². The first kappa shape index (κ1) is 18.0. The lowest BCUT2D eigenvalue weighted by molar-refractivity contribution is 0.0527. The molecule has 0 spiro atoms. The quantitative estimate of drug-likeness (QED) is 0.779. The second-order valence-corrected chi connectivity index (χ2v) is 8.09. The summed E-state index contributed by atoms with van der Waals surface area (Å²) < 4.78 is 7.07. The van der Waals surface area contributed by atoms with Gasteiger partial charge in [0, 0.05) is 37.3 Å². The standard InChI is InChI=1S/C18H26N4O2S/c1-6-24-18(23)13-9-19-17-15(12(4)20-21(17)5)16(13)22-7-8-25-14(10-22)11(2)3/h9,11,14H,6-8,10H2,1-5H3. The van der Waals surface area contributed by atoms with Gasteiger partial charge in [-0.15, -0.1) is 0 Å². The van der Waals surface area contributed by atoms with Crippen molar-refractivity contribution in [1.82, 2.24) is 14.8 Å². The Morgan fingerprint density at radius 3 is 2.92 bits per heavy atom. The highest BCUT2D eigenvalue weighted by atomic mass is 32.2. The van der Waals surface area contributed by atoms with Gasteiger partial charge in [-0.3, -0.25) is 4.68 Å². The lowest BCUT2D eigenvalue weighted by Gasteiger charge is -2.36. The summed E-state index contributed by atoms with van der Waals surface area (Å²) in [5.41, 5.74) is 3.17. The van der Waals surface area contributed by atoms with Crippen molar-refractivity contribution in [3.05, 3.63) is 17.5 Å². The van der Waals surface area contributed by atoms with Crippen LogP contribution in [0.15, 0.2) is 6.20 Å². The van der Waals surface area contributed by atoms with Gasteiger partial charge >= 0.3 is 5.97 Å². The molecule has 7 heteroatoms. The molecule has 0 bridgehead atoms. The third-order valence-electron chi connectivity index (χ3n) is 4.65. The van der Waals surface area contributed by atoms with E-state index in [4.69, 9.17) is 4.74 Å². The van der Waals surface area contributed by atoms with Gasteiger partial charge in [-0.05, 0) is 19.8 Å². The molecule has 6 nitrogen and oxygen atoms in total. The highest BCUT2D eigenvalue weighted by Gasteiger charge is 2.29. The Morgan fingerprint density at radius 2 is 2.24 bits per heavy atom. The van der Waals surface area contributed by atoms with E-state index in [9.17, 15) is 4.79 Å². The van der Waals surface area contributed by atoms with Gasteiger partial charge in [0.1, 0.15) is 5.56 Å². The predicted molar refractivity (Wildman–Crippen MR) is 102 cm³/mol. The number of anilines is 1. The molecule has 2 aromatic heterocycles. The second-order valence-electron chi connectivity index (χ2n) is 6.75. The van der Waals surface area contributed by atoms with E-state index in [1.807, 2.05) is 32.7 Å². The Labute approximate surface area is 152 Å². The lowest BCUT2D eigenvalue weighted by Crippen LogP contribution is -2.41. The molecular weight excluding hydrogens is 336 g/mol. The minimum atomic E-state index is -0.311. The van der Waals surface area contributed by atoms with Crippen molar-refractivity contribution in [2.45, 2.75) is 32.9 Å². The van der Waals surface area contributed by atoms with Crippen molar-refractivity contribution in [2.75, 3.05) is 30.3 Å². The number of aryl methyl sites for hydroxylation is 2. The minimum Gasteiger partial charge on any atom is -0.462 e. The number of carbonyl (C=O) groups is 1. The van der Waals surface area contributed by atoms with Crippen LogP contribution in [0.2, 0.25) is 0 Å². The Balaban J connectivity index is 2.15. The normalized spacial score (nSPS) is 18.2. The molecule has 1 saturated heterocycles. The van der Waals surface area contributed by atoms with Gasteiger partial charge in [0.25, 0.3) is 0 Å². The summed E-state index contributed by atoms with van der Waals surface area (Å²) in [4.78, 5) is 19.4. The highest BCUT2D eigenvalue weighted by Crippen LogP contribution is 2.36. The zero-order valence-electron chi connectivity index (χ0n) is 15.6. The van der Waals surface area contributed by atoms with Crippen LogP contribution in [0.1, 0.15) is 36.8 Å². The average Bonchev–Trinajstić information content (AvgIpc) is 2.88. The van der Waals surface area contributed by atoms with Crippen molar-refractivity contribution in [1.29, 1.82) is 0 Å². The first-order chi connectivity index (χ1) is 11.9. The van der Waals surface area contributed by atoms with Crippen LogP contribution >= 0.6 is 11.8 Å². The van der Waals surface area contributed by atoms with Crippen LogP contribution in [0.4, 0.5) is 5.69 Å². The average molecular weight is 362 g/mol. The van der Waals surface area contributed by atoms with Crippen molar-refractivity contribution >= 4 is 34.5 Å². The molecule has 136 valence electrons. The molecule has 0 aromatic carbocycles. The molecule has 2 aromatic rings. The maximum absolute atomic E-state index is 12.6. The third kappa shape index (κ3) is 3.34. The van der Waals surface area contributed by atoms with Gasteiger partial charge in [0.2, 0.25) is 0 Å². The van der Waals surface area contributed by atoms with E-state index in [-0.39, 0.29) is 5.97 Å². The van der Waals surface area contributed by atoms with E-state index < -0.39 is 0 Å². The summed E-state index contributed by atoms with van der Waals surface area (Å²) in [6.45, 7) is 10.5. The summed E-state index contributed by atoms with van der Waals surface area (Å²) in [6, 6.07) is 0. The molecule has 1 aliphatic heterocycles. The number of hydrogen-bond acceptors (Lipinski definition) is 6. The molecule has 0 aliphatic carbocycles. The molecule has 0 amide bonds. The summed E-state index contributed by atoms with van der Waals surface area (Å²) >= 11 is 2.01. The minimum absolute atomic E-state index is 0.311. The van der Waals surface area contributed by atoms with E-state index in [0.717, 1.165) is 41.3 Å². The smallest absolute Gasteiger partial charge is 0.341 e. The Hall–Kier alpha value is -1.76. The number of carbonyl (C=O) groups excluding carboxylic acids is 1. The van der Waals surface area contributed by atoms with Gasteiger partial charge in [-0.1, -0.05) is 13.8 Å². The number of rotatable bonds is 4. The Kier molecular flexibility index (Phi) is 5.22. The zero-order valence-corrected chi connectivity index (χ0v) is 16.4.